The maximum absolute atomic E-state index is 14.8. The smallest absolute Gasteiger partial charge is 0.327 e. The van der Waals surface area contributed by atoms with Crippen molar-refractivity contribution < 1.29 is 96.3 Å². The number of esters is 4. The van der Waals surface area contributed by atoms with E-state index >= 15 is 0 Å². The van der Waals surface area contributed by atoms with Crippen LogP contribution in [0.3, 0.4) is 0 Å². The zero-order valence-electron chi connectivity index (χ0n) is 77.5. The van der Waals surface area contributed by atoms with Gasteiger partial charge in [-0.15, -0.1) is 0 Å². The molecular weight excluding hydrogens is 1540 g/mol. The molecule has 0 aromatic heterocycles. The Hall–Kier alpha value is -3.31. The highest BCUT2D eigenvalue weighted by Gasteiger charge is 2.52. The Labute approximate surface area is 730 Å². The number of carbonyl (C=O) groups is 6. The lowest BCUT2D eigenvalue weighted by Gasteiger charge is -2.45. The Morgan fingerprint density at radius 2 is 0.700 bits per heavy atom. The molecule has 120 heavy (non-hydrogen) atoms. The van der Waals surface area contributed by atoms with Crippen molar-refractivity contribution in [3.63, 3.8) is 0 Å². The second kappa shape index (κ2) is 76.9. The minimum absolute atomic E-state index is 0.140. The first-order valence-electron chi connectivity index (χ1n) is 50.1. The third-order valence-corrected chi connectivity index (χ3v) is 24.7. The molecule has 2 aliphatic heterocycles. The van der Waals surface area contributed by atoms with Crippen LogP contribution < -0.4 is 10.6 Å². The van der Waals surface area contributed by atoms with E-state index in [2.05, 4.69) is 52.2 Å². The molecule has 2 rings (SSSR count). The molecule has 706 valence electrons. The summed E-state index contributed by atoms with van der Waals surface area (Å²) in [6.45, 7) is 12.8. The fraction of sp³-hybridized carbons (Fsp3) is 0.938. The standard InChI is InChI=1S/C97H183N2O20P/c1-8-14-20-26-32-38-39-40-41-47-53-59-64-70-88(105)113-81(68-62-56-50-44-35-29-23-17-11-4)75-87(104)99-93-95(118-90(107)73-80(102)67-61-55-49-43-34-28-22-16-10-3)94(109)85(117-97(93)119-120(7,110)111)78-112-96-92(98-86(103)72-79(101)66-60-54-48-42-33-27-21-15-9-2)84(74-83(77-100)115-96)116-91(108)76-82(69-63-57-51-45-36-30-24-18-12-5)114-89(106)71-65-58-52-46-37-31-25-19-13-6/h79-85,92-97,100-102,109H,8-78H2,1-7H3,(H,98,103)(H,99,104)(H,110,111)/t79-,80-,81-,82-,83?,84?,85?,92?,93?,94?,95?,96?,97?/m1/s1. The maximum atomic E-state index is 14.8. The van der Waals surface area contributed by atoms with E-state index in [4.69, 9.17) is 37.7 Å². The van der Waals surface area contributed by atoms with Crippen molar-refractivity contribution in [2.24, 2.45) is 0 Å². The number of amides is 2. The molecule has 7 N–H and O–H groups in total. The summed E-state index contributed by atoms with van der Waals surface area (Å²) >= 11 is 0. The Bertz CT molecular complexity index is 2510. The highest BCUT2D eigenvalue weighted by molar-refractivity contribution is 7.51. The third-order valence-electron chi connectivity index (χ3n) is 24.1. The minimum atomic E-state index is -4.61. The predicted molar refractivity (Wildman–Crippen MR) is 481 cm³/mol. The highest BCUT2D eigenvalue weighted by Crippen LogP contribution is 2.42. The van der Waals surface area contributed by atoms with Crippen LogP contribution in [0.1, 0.15) is 485 Å². The molecule has 2 fully saturated rings. The molecule has 14 atom stereocenters. The first kappa shape index (κ1) is 113. The van der Waals surface area contributed by atoms with Gasteiger partial charge in [-0.1, -0.05) is 388 Å². The quantitative estimate of drug-likeness (QED) is 0.0129. The number of aliphatic hydroxyl groups is 4. The van der Waals surface area contributed by atoms with Gasteiger partial charge in [0.15, 0.2) is 18.7 Å². The van der Waals surface area contributed by atoms with E-state index in [1.54, 1.807) is 0 Å². The first-order chi connectivity index (χ1) is 58.2. The van der Waals surface area contributed by atoms with E-state index in [1.807, 2.05) is 0 Å². The molecule has 10 unspecified atom stereocenters. The van der Waals surface area contributed by atoms with Crippen LogP contribution in [0.2, 0.25) is 0 Å². The van der Waals surface area contributed by atoms with Crippen LogP contribution in [0.15, 0.2) is 0 Å². The number of carbonyl (C=O) groups excluding carboxylic acids is 6. The number of nitrogens with one attached hydrogen (secondary N) is 2. The largest absolute Gasteiger partial charge is 0.462 e. The first-order valence-corrected chi connectivity index (χ1v) is 52.2. The molecule has 0 radical (unpaired) electrons. The van der Waals surface area contributed by atoms with Crippen LogP contribution in [0.5, 0.6) is 0 Å². The fourth-order valence-corrected chi connectivity index (χ4v) is 17.3. The van der Waals surface area contributed by atoms with Crippen LogP contribution in [0.4, 0.5) is 0 Å². The number of rotatable bonds is 84. The summed E-state index contributed by atoms with van der Waals surface area (Å²) in [4.78, 5) is 96.5. The molecule has 0 bridgehead atoms. The summed E-state index contributed by atoms with van der Waals surface area (Å²) in [5.74, 6) is -3.90. The second-order valence-electron chi connectivity index (χ2n) is 35.9. The number of hydrogen-bond acceptors (Lipinski definition) is 19. The predicted octanol–water partition coefficient (Wildman–Crippen LogP) is 23.0. The summed E-state index contributed by atoms with van der Waals surface area (Å²) in [6, 6.07) is -3.05. The van der Waals surface area contributed by atoms with E-state index in [1.165, 1.54) is 173 Å². The molecule has 0 aromatic carbocycles. The molecule has 22 nitrogen and oxygen atoms in total. The monoisotopic (exact) mass is 1730 g/mol. The summed E-state index contributed by atoms with van der Waals surface area (Å²) in [5, 5.41) is 52.0. The van der Waals surface area contributed by atoms with Crippen molar-refractivity contribution >= 4 is 43.3 Å². The van der Waals surface area contributed by atoms with E-state index < -0.39 is 143 Å². The van der Waals surface area contributed by atoms with Crippen molar-refractivity contribution in [3.05, 3.63) is 0 Å². The van der Waals surface area contributed by atoms with Gasteiger partial charge in [-0.25, -0.2) is 0 Å². The van der Waals surface area contributed by atoms with Gasteiger partial charge in [-0.2, -0.15) is 0 Å². The molecule has 0 spiro atoms. The van der Waals surface area contributed by atoms with Crippen molar-refractivity contribution in [1.29, 1.82) is 0 Å². The van der Waals surface area contributed by atoms with E-state index in [-0.39, 0.29) is 44.9 Å². The number of aliphatic hydroxyl groups excluding tert-OH is 4. The third kappa shape index (κ3) is 62.0. The van der Waals surface area contributed by atoms with Crippen LogP contribution >= 0.6 is 7.60 Å². The lowest BCUT2D eigenvalue weighted by molar-refractivity contribution is -0.283. The summed E-state index contributed by atoms with van der Waals surface area (Å²) in [5.41, 5.74) is 0. The van der Waals surface area contributed by atoms with Gasteiger partial charge in [0.1, 0.15) is 42.6 Å². The summed E-state index contributed by atoms with van der Waals surface area (Å²) in [6.07, 6.45) is 47.6. The van der Waals surface area contributed by atoms with Crippen LogP contribution in [0.25, 0.3) is 0 Å². The van der Waals surface area contributed by atoms with E-state index in [9.17, 15) is 58.7 Å². The zero-order chi connectivity index (χ0) is 87.7. The molecule has 23 heteroatoms. The van der Waals surface area contributed by atoms with Crippen LogP contribution in [-0.4, -0.2) is 160 Å². The molecule has 2 saturated heterocycles. The zero-order valence-corrected chi connectivity index (χ0v) is 78.4. The second-order valence-corrected chi connectivity index (χ2v) is 37.7. The van der Waals surface area contributed by atoms with Gasteiger partial charge >= 0.3 is 31.5 Å². The number of hydrogen-bond donors (Lipinski definition) is 7. The molecule has 0 aromatic rings. The van der Waals surface area contributed by atoms with Crippen molar-refractivity contribution in [3.8, 4) is 0 Å². The van der Waals surface area contributed by atoms with Gasteiger partial charge in [0, 0.05) is 25.9 Å². The fourth-order valence-electron chi connectivity index (χ4n) is 16.7. The molecule has 2 heterocycles. The summed E-state index contributed by atoms with van der Waals surface area (Å²) in [7, 11) is -4.61. The van der Waals surface area contributed by atoms with Gasteiger partial charge in [0.25, 0.3) is 0 Å². The SMILES string of the molecule is CCCCCCCCCCCCCCCC(=O)O[C@H](CCCCCCCCCCC)CC(=O)NC1C(OP(C)(=O)O)OC(COC2OC(CO)CC(OC(=O)C[C@@H](CCCCCCCCCCC)OC(=O)CCCCCCCCCCC)C2NC(=O)C[C@H](O)CCCCCCCCCCC)C(O)C1OC(=O)C[C@H](O)CCCCCCCCCCC. The number of unbranched alkanes of at least 4 members (excludes halogenated alkanes) is 52. The maximum Gasteiger partial charge on any atom is 0.327 e. The average Bonchev–Trinajstić information content (AvgIpc) is 0.784. The van der Waals surface area contributed by atoms with E-state index in [0.717, 1.165) is 167 Å². The van der Waals surface area contributed by atoms with E-state index in [0.29, 0.717) is 57.8 Å². The van der Waals surface area contributed by atoms with Crippen molar-refractivity contribution in [2.75, 3.05) is 19.9 Å². The van der Waals surface area contributed by atoms with Gasteiger partial charge in [-0.3, -0.25) is 37.9 Å². The van der Waals surface area contributed by atoms with Crippen LogP contribution in [-0.2, 0) is 71.0 Å². The Morgan fingerprint density at radius 3 is 1.07 bits per heavy atom. The summed E-state index contributed by atoms with van der Waals surface area (Å²) < 4.78 is 63.3. The lowest BCUT2D eigenvalue weighted by atomic mass is 9.95. The average molecular weight is 1730 g/mol. The highest BCUT2D eigenvalue weighted by atomic mass is 31.2. The Morgan fingerprint density at radius 1 is 0.383 bits per heavy atom. The lowest BCUT2D eigenvalue weighted by Crippen LogP contribution is -2.66. The Kier molecular flexibility index (Phi) is 72.2. The molecular formula is C97H183N2O20P. The van der Waals surface area contributed by atoms with Gasteiger partial charge < -0.3 is 69.1 Å². The molecule has 0 aliphatic carbocycles. The molecule has 0 saturated carbocycles. The van der Waals surface area contributed by atoms with Crippen LogP contribution in [0, 0.1) is 0 Å². The van der Waals surface area contributed by atoms with Gasteiger partial charge in [0.2, 0.25) is 11.8 Å². The van der Waals surface area contributed by atoms with Crippen molar-refractivity contribution in [2.45, 2.75) is 564 Å². The molecule has 2 amide bonds. The normalized spacial score (nSPS) is 20.2. The van der Waals surface area contributed by atoms with Gasteiger partial charge in [0.05, 0.1) is 57.2 Å². The van der Waals surface area contributed by atoms with Gasteiger partial charge in [-0.05, 0) is 51.4 Å². The number of ether oxygens (including phenoxy) is 7. The Balaban J connectivity index is 2.63. The minimum Gasteiger partial charge on any atom is -0.462 e. The molecule has 2 aliphatic rings. The van der Waals surface area contributed by atoms with Crippen molar-refractivity contribution in [1.82, 2.24) is 10.6 Å². The topological polar surface area (TPSA) is 319 Å².